The number of urea groups is 1. The predicted octanol–water partition coefficient (Wildman–Crippen LogP) is 1.33. The van der Waals surface area contributed by atoms with E-state index in [1.807, 2.05) is 12.1 Å². The molecule has 1 saturated heterocycles. The highest BCUT2D eigenvalue weighted by Crippen LogP contribution is 2.33. The third-order valence-electron chi connectivity index (χ3n) is 4.98. The second-order valence-electron chi connectivity index (χ2n) is 6.99. The van der Waals surface area contributed by atoms with Crippen molar-refractivity contribution in [3.05, 3.63) is 35.5 Å². The van der Waals surface area contributed by atoms with E-state index in [9.17, 15) is 9.59 Å². The molecule has 3 N–H and O–H groups in total. The Balaban J connectivity index is 1.73. The molecule has 2 aromatic rings. The van der Waals surface area contributed by atoms with Crippen LogP contribution < -0.4 is 16.0 Å². The van der Waals surface area contributed by atoms with Crippen LogP contribution in [0.3, 0.4) is 0 Å². The summed E-state index contributed by atoms with van der Waals surface area (Å²) < 4.78 is 5.56. The van der Waals surface area contributed by atoms with Crippen molar-refractivity contribution >= 4 is 23.9 Å². The fourth-order valence-corrected chi connectivity index (χ4v) is 3.59. The summed E-state index contributed by atoms with van der Waals surface area (Å²) in [7, 11) is 0. The summed E-state index contributed by atoms with van der Waals surface area (Å²) >= 11 is 0. The summed E-state index contributed by atoms with van der Waals surface area (Å²) in [5.41, 5.74) is 8.44. The molecule has 1 fully saturated rings. The Kier molecular flexibility index (Phi) is 4.82. The SMILES string of the molecule is CC1COCCN1c1nc(-c2ccc(NC(N)=O)cc2)nc2c1CN(C=O)C2. The number of benzene rings is 1. The van der Waals surface area contributed by atoms with Crippen LogP contribution in [0.4, 0.5) is 16.3 Å². The van der Waals surface area contributed by atoms with Crippen molar-refractivity contribution in [1.82, 2.24) is 14.9 Å². The molecular formula is C19H22N6O3. The molecule has 2 aliphatic rings. The van der Waals surface area contributed by atoms with E-state index in [1.165, 1.54) is 0 Å². The largest absolute Gasteiger partial charge is 0.377 e. The lowest BCUT2D eigenvalue weighted by atomic mass is 10.1. The number of ether oxygens (including phenoxy) is 1. The number of morpholine rings is 1. The van der Waals surface area contributed by atoms with E-state index in [0.29, 0.717) is 37.8 Å². The maximum Gasteiger partial charge on any atom is 0.316 e. The average molecular weight is 382 g/mol. The van der Waals surface area contributed by atoms with E-state index in [0.717, 1.165) is 35.6 Å². The number of carbonyl (C=O) groups is 2. The average Bonchev–Trinajstić information content (AvgIpc) is 3.11. The number of nitrogens with one attached hydrogen (secondary N) is 1. The third-order valence-corrected chi connectivity index (χ3v) is 4.98. The van der Waals surface area contributed by atoms with Crippen molar-refractivity contribution < 1.29 is 14.3 Å². The zero-order valence-electron chi connectivity index (χ0n) is 15.6. The van der Waals surface area contributed by atoms with E-state index in [4.69, 9.17) is 20.4 Å². The van der Waals surface area contributed by atoms with Crippen molar-refractivity contribution in [2.45, 2.75) is 26.1 Å². The minimum absolute atomic E-state index is 0.188. The number of primary amides is 1. The number of hydrogen-bond donors (Lipinski definition) is 2. The molecule has 1 aromatic heterocycles. The zero-order valence-corrected chi connectivity index (χ0v) is 15.6. The molecule has 0 bridgehead atoms. The Hall–Kier alpha value is -3.20. The maximum absolute atomic E-state index is 11.3. The second-order valence-corrected chi connectivity index (χ2v) is 6.99. The molecule has 0 aliphatic carbocycles. The Labute approximate surface area is 162 Å². The van der Waals surface area contributed by atoms with Crippen LogP contribution in [0.2, 0.25) is 0 Å². The fourth-order valence-electron chi connectivity index (χ4n) is 3.59. The lowest BCUT2D eigenvalue weighted by Crippen LogP contribution is -2.44. The van der Waals surface area contributed by atoms with E-state index < -0.39 is 6.03 Å². The second kappa shape index (κ2) is 7.43. The molecule has 0 spiro atoms. The summed E-state index contributed by atoms with van der Waals surface area (Å²) in [4.78, 5) is 35.8. The smallest absolute Gasteiger partial charge is 0.316 e. The van der Waals surface area contributed by atoms with Gasteiger partial charge in [-0.15, -0.1) is 0 Å². The van der Waals surface area contributed by atoms with E-state index in [2.05, 4.69) is 17.1 Å². The number of amides is 3. The molecule has 1 aromatic carbocycles. The van der Waals surface area contributed by atoms with Gasteiger partial charge in [0.2, 0.25) is 6.41 Å². The van der Waals surface area contributed by atoms with Gasteiger partial charge < -0.3 is 25.6 Å². The molecule has 9 heteroatoms. The number of aromatic nitrogens is 2. The first kappa shape index (κ1) is 18.2. The van der Waals surface area contributed by atoms with Crippen molar-refractivity contribution in [3.8, 4) is 11.4 Å². The lowest BCUT2D eigenvalue weighted by molar-refractivity contribution is -0.118. The van der Waals surface area contributed by atoms with Crippen molar-refractivity contribution in [3.63, 3.8) is 0 Å². The molecule has 0 saturated carbocycles. The predicted molar refractivity (Wildman–Crippen MR) is 104 cm³/mol. The van der Waals surface area contributed by atoms with E-state index in [1.54, 1.807) is 17.0 Å². The van der Waals surface area contributed by atoms with E-state index >= 15 is 0 Å². The molecule has 1 atom stereocenters. The third kappa shape index (κ3) is 3.48. The summed E-state index contributed by atoms with van der Waals surface area (Å²) in [6, 6.07) is 6.77. The number of fused-ring (bicyclic) bond motifs is 1. The molecule has 9 nitrogen and oxygen atoms in total. The van der Waals surface area contributed by atoms with Crippen molar-refractivity contribution in [2.75, 3.05) is 30.0 Å². The van der Waals surface area contributed by atoms with Crippen molar-refractivity contribution in [2.24, 2.45) is 5.73 Å². The first-order valence-electron chi connectivity index (χ1n) is 9.15. The molecule has 2 aliphatic heterocycles. The minimum Gasteiger partial charge on any atom is -0.377 e. The fraction of sp³-hybridized carbons (Fsp3) is 0.368. The van der Waals surface area contributed by atoms with Crippen LogP contribution in [-0.4, -0.2) is 53.1 Å². The number of nitrogens with two attached hydrogens (primary N) is 1. The van der Waals surface area contributed by atoms with Gasteiger partial charge in [0.1, 0.15) is 5.82 Å². The monoisotopic (exact) mass is 382 g/mol. The van der Waals surface area contributed by atoms with E-state index in [-0.39, 0.29) is 6.04 Å². The molecule has 0 radical (unpaired) electrons. The maximum atomic E-state index is 11.3. The molecule has 1 unspecified atom stereocenters. The Morgan fingerprint density at radius 3 is 2.75 bits per heavy atom. The zero-order chi connectivity index (χ0) is 19.7. The summed E-state index contributed by atoms with van der Waals surface area (Å²) in [6.07, 6.45) is 0.845. The molecule has 28 heavy (non-hydrogen) atoms. The van der Waals surface area contributed by atoms with Crippen LogP contribution in [-0.2, 0) is 22.6 Å². The number of carbonyl (C=O) groups excluding carboxylic acids is 2. The number of nitrogens with zero attached hydrogens (tertiary/aromatic N) is 4. The lowest BCUT2D eigenvalue weighted by Gasteiger charge is -2.35. The first-order chi connectivity index (χ1) is 13.5. The highest BCUT2D eigenvalue weighted by molar-refractivity contribution is 5.88. The van der Waals surface area contributed by atoms with Gasteiger partial charge in [-0.1, -0.05) is 0 Å². The van der Waals surface area contributed by atoms with Crippen LogP contribution in [0.15, 0.2) is 24.3 Å². The van der Waals surface area contributed by atoms with Crippen LogP contribution in [0.1, 0.15) is 18.2 Å². The van der Waals surface area contributed by atoms with Gasteiger partial charge in [0.15, 0.2) is 5.82 Å². The summed E-state index contributed by atoms with van der Waals surface area (Å²) in [5, 5.41) is 2.54. The van der Waals surface area contributed by atoms with Gasteiger partial charge in [0.25, 0.3) is 0 Å². The van der Waals surface area contributed by atoms with Gasteiger partial charge in [-0.05, 0) is 31.2 Å². The van der Waals surface area contributed by atoms with Crippen LogP contribution in [0, 0.1) is 0 Å². The van der Waals surface area contributed by atoms with Gasteiger partial charge in [0.05, 0.1) is 38.0 Å². The molecule has 4 rings (SSSR count). The molecule has 3 heterocycles. The van der Waals surface area contributed by atoms with Crippen LogP contribution in [0.5, 0.6) is 0 Å². The summed E-state index contributed by atoms with van der Waals surface area (Å²) in [5.74, 6) is 1.45. The van der Waals surface area contributed by atoms with Gasteiger partial charge in [0, 0.05) is 23.4 Å². The van der Waals surface area contributed by atoms with Gasteiger partial charge in [-0.25, -0.2) is 14.8 Å². The number of rotatable bonds is 4. The topological polar surface area (TPSA) is 114 Å². The summed E-state index contributed by atoms with van der Waals surface area (Å²) in [6.45, 7) is 5.11. The van der Waals surface area contributed by atoms with Crippen molar-refractivity contribution in [1.29, 1.82) is 0 Å². The Morgan fingerprint density at radius 1 is 1.29 bits per heavy atom. The normalized spacial score (nSPS) is 18.7. The van der Waals surface area contributed by atoms with Gasteiger partial charge in [-0.3, -0.25) is 4.79 Å². The standard InChI is InChI=1S/C19H22N6O3/c1-12-10-28-7-6-25(12)18-15-8-24(11-26)9-16(15)22-17(23-18)13-2-4-14(5-3-13)21-19(20)27/h2-5,11-12H,6-10H2,1H3,(H3,20,21,27). The minimum atomic E-state index is -0.612. The Morgan fingerprint density at radius 2 is 2.07 bits per heavy atom. The van der Waals surface area contributed by atoms with Gasteiger partial charge in [-0.2, -0.15) is 0 Å². The molecule has 3 amide bonds. The highest BCUT2D eigenvalue weighted by atomic mass is 16.5. The van der Waals surface area contributed by atoms with Gasteiger partial charge >= 0.3 is 6.03 Å². The number of hydrogen-bond acceptors (Lipinski definition) is 6. The number of anilines is 2. The quantitative estimate of drug-likeness (QED) is 0.771. The Bertz CT molecular complexity index is 901. The van der Waals surface area contributed by atoms with Crippen LogP contribution in [0.25, 0.3) is 11.4 Å². The molecular weight excluding hydrogens is 360 g/mol. The first-order valence-corrected chi connectivity index (χ1v) is 9.15. The van der Waals surface area contributed by atoms with Crippen LogP contribution >= 0.6 is 0 Å². The highest BCUT2D eigenvalue weighted by Gasteiger charge is 2.30. The molecule has 146 valence electrons.